The number of thiazole rings is 1. The van der Waals surface area contributed by atoms with Crippen molar-refractivity contribution in [3.8, 4) is 0 Å². The molecule has 3 aromatic carbocycles. The molecule has 44 heavy (non-hydrogen) atoms. The Morgan fingerprint density at radius 2 is 1.66 bits per heavy atom. The lowest BCUT2D eigenvalue weighted by atomic mass is 9.92. The van der Waals surface area contributed by atoms with Gasteiger partial charge in [-0.05, 0) is 42.0 Å². The molecule has 8 heteroatoms. The highest BCUT2D eigenvalue weighted by Crippen LogP contribution is 2.37. The molecule has 4 aromatic rings. The molecule has 0 fully saturated rings. The zero-order valence-corrected chi connectivity index (χ0v) is 26.2. The molecule has 0 N–H and O–H groups in total. The molecule has 2 aliphatic rings. The van der Waals surface area contributed by atoms with Crippen LogP contribution >= 0.6 is 11.3 Å². The van der Waals surface area contributed by atoms with Crippen LogP contribution in [0.3, 0.4) is 0 Å². The van der Waals surface area contributed by atoms with E-state index in [0.29, 0.717) is 45.1 Å². The van der Waals surface area contributed by atoms with E-state index in [2.05, 4.69) is 13.8 Å². The van der Waals surface area contributed by atoms with E-state index in [9.17, 15) is 14.4 Å². The quantitative estimate of drug-likeness (QED) is 0.244. The van der Waals surface area contributed by atoms with Crippen LogP contribution in [0.5, 0.6) is 0 Å². The Hall–Kier alpha value is -4.56. The van der Waals surface area contributed by atoms with Crippen LogP contribution in [0.1, 0.15) is 74.8 Å². The maximum atomic E-state index is 14.5. The molecule has 0 saturated carbocycles. The summed E-state index contributed by atoms with van der Waals surface area (Å²) in [5.41, 5.74) is 5.44. The molecular formula is C36H35N3O4S. The Morgan fingerprint density at radius 1 is 0.955 bits per heavy atom. The van der Waals surface area contributed by atoms with E-state index in [1.807, 2.05) is 85.8 Å². The number of benzene rings is 3. The number of anilines is 1. The third-order valence-electron chi connectivity index (χ3n) is 8.12. The van der Waals surface area contributed by atoms with Gasteiger partial charge in [0.2, 0.25) is 0 Å². The predicted octanol–water partition coefficient (Wildman–Crippen LogP) is 5.62. The average Bonchev–Trinajstić information content (AvgIpc) is 3.49. The summed E-state index contributed by atoms with van der Waals surface area (Å²) >= 11 is 1.21. The predicted molar refractivity (Wildman–Crippen MR) is 173 cm³/mol. The zero-order chi connectivity index (χ0) is 31.0. The van der Waals surface area contributed by atoms with Crippen LogP contribution in [0.25, 0.3) is 5.57 Å². The van der Waals surface area contributed by atoms with Gasteiger partial charge in [0.1, 0.15) is 4.53 Å². The van der Waals surface area contributed by atoms with Gasteiger partial charge in [0.05, 0.1) is 41.7 Å². The number of rotatable bonds is 8. The molecule has 0 radical (unpaired) electrons. The van der Waals surface area contributed by atoms with Crippen LogP contribution in [-0.4, -0.2) is 23.1 Å². The molecule has 3 heterocycles. The third kappa shape index (κ3) is 5.13. The molecule has 1 aromatic heterocycles. The summed E-state index contributed by atoms with van der Waals surface area (Å²) < 4.78 is 7.44. The average molecular weight is 606 g/mol. The van der Waals surface area contributed by atoms with Gasteiger partial charge in [-0.3, -0.25) is 14.2 Å². The summed E-state index contributed by atoms with van der Waals surface area (Å²) in [5.74, 6) is -0.376. The number of esters is 1. The van der Waals surface area contributed by atoms with E-state index in [0.717, 1.165) is 34.4 Å². The number of aromatic nitrogens is 1. The van der Waals surface area contributed by atoms with Crippen molar-refractivity contribution < 1.29 is 14.3 Å². The second-order valence-corrected chi connectivity index (χ2v) is 12.3. The Balaban J connectivity index is 1.59. The molecular weight excluding hydrogens is 570 g/mol. The molecule has 6 rings (SSSR count). The normalized spacial score (nSPS) is 17.1. The van der Waals surface area contributed by atoms with E-state index in [4.69, 9.17) is 9.73 Å². The number of hydrogen-bond donors (Lipinski definition) is 0. The first-order chi connectivity index (χ1) is 21.3. The minimum Gasteiger partial charge on any atom is -0.463 e. The highest BCUT2D eigenvalue weighted by molar-refractivity contribution is 7.07. The molecule has 2 aliphatic heterocycles. The van der Waals surface area contributed by atoms with E-state index >= 15 is 0 Å². The van der Waals surface area contributed by atoms with Crippen molar-refractivity contribution in [2.75, 3.05) is 11.5 Å². The minimum atomic E-state index is -0.727. The Bertz CT molecular complexity index is 1950. The van der Waals surface area contributed by atoms with Crippen LogP contribution in [-0.2, 0) is 20.9 Å². The zero-order valence-electron chi connectivity index (χ0n) is 25.4. The van der Waals surface area contributed by atoms with Gasteiger partial charge in [-0.15, -0.1) is 0 Å². The number of amides is 1. The fourth-order valence-electron chi connectivity index (χ4n) is 5.97. The van der Waals surface area contributed by atoms with E-state index in [1.54, 1.807) is 16.4 Å². The van der Waals surface area contributed by atoms with Gasteiger partial charge >= 0.3 is 5.97 Å². The van der Waals surface area contributed by atoms with Crippen molar-refractivity contribution in [1.29, 1.82) is 0 Å². The van der Waals surface area contributed by atoms with Crippen molar-refractivity contribution in [2.45, 2.75) is 59.0 Å². The smallest absolute Gasteiger partial charge is 0.338 e. The molecule has 0 unspecified atom stereocenters. The maximum Gasteiger partial charge on any atom is 0.338 e. The largest absolute Gasteiger partial charge is 0.463 e. The Labute approximate surface area is 260 Å². The van der Waals surface area contributed by atoms with Gasteiger partial charge in [0.25, 0.3) is 11.5 Å². The summed E-state index contributed by atoms with van der Waals surface area (Å²) in [6.07, 6.45) is 1.32. The first kappa shape index (κ1) is 29.5. The first-order valence-corrected chi connectivity index (χ1v) is 15.9. The van der Waals surface area contributed by atoms with E-state index in [1.165, 1.54) is 11.3 Å². The van der Waals surface area contributed by atoms with Gasteiger partial charge in [0.15, 0.2) is 4.80 Å². The van der Waals surface area contributed by atoms with Gasteiger partial charge < -0.3 is 9.64 Å². The van der Waals surface area contributed by atoms with Crippen molar-refractivity contribution in [3.63, 3.8) is 0 Å². The molecule has 1 amide bonds. The second kappa shape index (κ2) is 12.2. The molecule has 7 nitrogen and oxygen atoms in total. The minimum absolute atomic E-state index is 0.206. The summed E-state index contributed by atoms with van der Waals surface area (Å²) in [5, 5.41) is 0. The van der Waals surface area contributed by atoms with Gasteiger partial charge in [-0.25, -0.2) is 9.79 Å². The van der Waals surface area contributed by atoms with E-state index in [-0.39, 0.29) is 18.1 Å². The fraction of sp³-hybridized carbons (Fsp3) is 0.278. The molecule has 0 bridgehead atoms. The number of hydrogen-bond acceptors (Lipinski definition) is 6. The number of fused-ring (bicyclic) bond motifs is 2. The summed E-state index contributed by atoms with van der Waals surface area (Å²) in [7, 11) is 0. The summed E-state index contributed by atoms with van der Waals surface area (Å²) in [6, 6.07) is 24.7. The Morgan fingerprint density at radius 3 is 2.34 bits per heavy atom. The molecule has 1 atom stereocenters. The molecule has 0 spiro atoms. The first-order valence-electron chi connectivity index (χ1n) is 15.1. The van der Waals surface area contributed by atoms with Crippen LogP contribution < -0.4 is 19.8 Å². The van der Waals surface area contributed by atoms with Gasteiger partial charge in [0, 0.05) is 5.56 Å². The fourth-order valence-corrected chi connectivity index (χ4v) is 7.08. The number of nitrogens with zero attached hydrogens (tertiary/aromatic N) is 3. The lowest BCUT2D eigenvalue weighted by Crippen LogP contribution is -2.41. The topological polar surface area (TPSA) is 81.0 Å². The molecule has 0 aliphatic carbocycles. The lowest BCUT2D eigenvalue weighted by molar-refractivity contribution is -0.139. The number of carbonyl (C=O) groups is 2. The number of para-hydroxylation sites is 1. The van der Waals surface area contributed by atoms with Crippen molar-refractivity contribution in [2.24, 2.45) is 4.99 Å². The van der Waals surface area contributed by atoms with Crippen molar-refractivity contribution >= 4 is 34.5 Å². The number of carbonyl (C=O) groups excluding carboxylic acids is 2. The summed E-state index contributed by atoms with van der Waals surface area (Å²) in [4.78, 5) is 49.3. The van der Waals surface area contributed by atoms with Crippen LogP contribution in [0.15, 0.2) is 99.9 Å². The number of allylic oxidation sites excluding steroid dienone is 1. The lowest BCUT2D eigenvalue weighted by Gasteiger charge is -2.26. The van der Waals surface area contributed by atoms with Crippen molar-refractivity contribution in [1.82, 2.24) is 4.57 Å². The molecule has 224 valence electrons. The molecule has 0 saturated heterocycles. The van der Waals surface area contributed by atoms with Gasteiger partial charge in [-0.1, -0.05) is 111 Å². The van der Waals surface area contributed by atoms with Crippen LogP contribution in [0.4, 0.5) is 5.69 Å². The monoisotopic (exact) mass is 605 g/mol. The second-order valence-electron chi connectivity index (χ2n) is 11.3. The number of ether oxygens (including phenoxy) is 1. The standard InChI is InChI=1S/C36H35N3O4S/c1-5-12-27-30(35(42)43-6-2)31(25-19-17-24(18-20-25)22(3)4)39-34(41)32(44-36(39)37-27)29-26-15-10-11-16-28(26)38(33(29)40)21-23-13-8-7-9-14-23/h7-11,13-20,22,31H,5-6,12,21H2,1-4H3/b32-29-/t31-/m0/s1. The SMILES string of the molecule is CCCC1=C(C(=O)OCC)[C@H](c2ccc(C(C)C)cc2)n2c(s/c(=C3\C(=O)N(Cc4ccccc4)c4ccccc43)c2=O)=N1. The van der Waals surface area contributed by atoms with Crippen LogP contribution in [0, 0.1) is 0 Å². The van der Waals surface area contributed by atoms with Gasteiger partial charge in [-0.2, -0.15) is 0 Å². The summed E-state index contributed by atoms with van der Waals surface area (Å²) in [6.45, 7) is 8.64. The third-order valence-corrected chi connectivity index (χ3v) is 9.17. The maximum absolute atomic E-state index is 14.5. The van der Waals surface area contributed by atoms with Crippen LogP contribution in [0.2, 0.25) is 0 Å². The Kier molecular flexibility index (Phi) is 8.19. The van der Waals surface area contributed by atoms with E-state index < -0.39 is 12.0 Å². The van der Waals surface area contributed by atoms with Crippen molar-refractivity contribution in [3.05, 3.63) is 132 Å². The highest BCUT2D eigenvalue weighted by atomic mass is 32.1. The highest BCUT2D eigenvalue weighted by Gasteiger charge is 2.37.